The van der Waals surface area contributed by atoms with Gasteiger partial charge in [0.1, 0.15) is 5.56 Å². The third-order valence-corrected chi connectivity index (χ3v) is 5.41. The fraction of sp³-hybridized carbons (Fsp3) is 0.400. The molecule has 0 saturated carbocycles. The van der Waals surface area contributed by atoms with Gasteiger partial charge < -0.3 is 10.3 Å². The van der Waals surface area contributed by atoms with Gasteiger partial charge in [0, 0.05) is 24.3 Å². The quantitative estimate of drug-likeness (QED) is 0.904. The summed E-state index contributed by atoms with van der Waals surface area (Å²) in [4.78, 5) is 30.3. The van der Waals surface area contributed by atoms with Gasteiger partial charge in [0.15, 0.2) is 0 Å². The fourth-order valence-corrected chi connectivity index (χ4v) is 4.10. The van der Waals surface area contributed by atoms with Crippen molar-refractivity contribution in [2.75, 3.05) is 13.1 Å². The molecule has 4 rings (SSSR count). The van der Waals surface area contributed by atoms with Crippen LogP contribution < -0.4 is 10.9 Å². The van der Waals surface area contributed by atoms with Crippen molar-refractivity contribution < 1.29 is 4.79 Å². The number of nitrogens with zero attached hydrogens (tertiary/aromatic N) is 1. The van der Waals surface area contributed by atoms with Crippen LogP contribution in [0.5, 0.6) is 0 Å². The number of rotatable bonds is 3. The predicted molar refractivity (Wildman–Crippen MR) is 97.6 cm³/mol. The summed E-state index contributed by atoms with van der Waals surface area (Å²) in [5, 5.41) is 3.09. The summed E-state index contributed by atoms with van der Waals surface area (Å²) < 4.78 is 0. The van der Waals surface area contributed by atoms with Gasteiger partial charge in [-0.2, -0.15) is 0 Å². The molecule has 2 atom stereocenters. The molecule has 0 aliphatic carbocycles. The maximum atomic E-state index is 12.6. The number of amides is 1. The van der Waals surface area contributed by atoms with E-state index >= 15 is 0 Å². The number of carbonyl (C=O) groups excluding carboxylic acids is 1. The molecular formula is C20H23N3O2. The highest BCUT2D eigenvalue weighted by Crippen LogP contribution is 2.27. The van der Waals surface area contributed by atoms with E-state index < -0.39 is 0 Å². The molecular weight excluding hydrogens is 314 g/mol. The van der Waals surface area contributed by atoms with Crippen LogP contribution in [-0.2, 0) is 0 Å². The second-order valence-corrected chi connectivity index (χ2v) is 6.95. The van der Waals surface area contributed by atoms with Crippen LogP contribution in [0.4, 0.5) is 0 Å². The van der Waals surface area contributed by atoms with Crippen molar-refractivity contribution in [3.8, 4) is 11.3 Å². The summed E-state index contributed by atoms with van der Waals surface area (Å²) >= 11 is 0. The van der Waals surface area contributed by atoms with Crippen LogP contribution in [0, 0.1) is 0 Å². The van der Waals surface area contributed by atoms with E-state index in [0.29, 0.717) is 6.04 Å². The molecule has 2 saturated heterocycles. The molecule has 5 nitrogen and oxygen atoms in total. The Labute approximate surface area is 147 Å². The zero-order valence-corrected chi connectivity index (χ0v) is 14.2. The van der Waals surface area contributed by atoms with E-state index in [9.17, 15) is 9.59 Å². The molecule has 25 heavy (non-hydrogen) atoms. The molecule has 1 aromatic carbocycles. The lowest BCUT2D eigenvalue weighted by Gasteiger charge is -2.32. The molecule has 2 unspecified atom stereocenters. The molecule has 5 heteroatoms. The van der Waals surface area contributed by atoms with Crippen LogP contribution in [0.15, 0.2) is 47.3 Å². The Hall–Kier alpha value is -2.40. The van der Waals surface area contributed by atoms with Gasteiger partial charge >= 0.3 is 0 Å². The van der Waals surface area contributed by atoms with Crippen molar-refractivity contribution in [2.24, 2.45) is 0 Å². The average Bonchev–Trinajstić information content (AvgIpc) is 3.05. The van der Waals surface area contributed by atoms with Gasteiger partial charge in [0.05, 0.1) is 0 Å². The summed E-state index contributed by atoms with van der Waals surface area (Å²) in [5.41, 5.74) is 1.51. The minimum Gasteiger partial charge on any atom is -0.348 e. The van der Waals surface area contributed by atoms with Crippen LogP contribution in [-0.4, -0.2) is 41.0 Å². The first-order chi connectivity index (χ1) is 12.2. The van der Waals surface area contributed by atoms with Crippen molar-refractivity contribution >= 4 is 5.91 Å². The maximum absolute atomic E-state index is 12.6. The molecule has 1 aromatic heterocycles. The largest absolute Gasteiger partial charge is 0.348 e. The van der Waals surface area contributed by atoms with Crippen molar-refractivity contribution in [3.05, 3.63) is 58.4 Å². The number of benzene rings is 1. The average molecular weight is 337 g/mol. The van der Waals surface area contributed by atoms with E-state index in [2.05, 4.69) is 15.2 Å². The number of piperidine rings is 1. The molecule has 0 bridgehead atoms. The second kappa shape index (κ2) is 6.84. The van der Waals surface area contributed by atoms with E-state index in [1.165, 1.54) is 12.8 Å². The van der Waals surface area contributed by atoms with Gasteiger partial charge in [-0.1, -0.05) is 36.8 Å². The topological polar surface area (TPSA) is 65.2 Å². The first kappa shape index (κ1) is 16.1. The zero-order chi connectivity index (χ0) is 17.2. The Balaban J connectivity index is 1.50. The minimum absolute atomic E-state index is 0.154. The monoisotopic (exact) mass is 337 g/mol. The molecule has 2 fully saturated rings. The standard InChI is InChI=1S/C20H23N3O2/c24-19-15(9-10-16(21-19)14-6-2-1-3-7-14)20(25)22-17-11-13-23-12-5-4-8-18(17)23/h1-3,6-7,9-10,17-18H,4-5,8,11-13H2,(H,21,24)(H,22,25). The molecule has 2 aromatic rings. The van der Waals surface area contributed by atoms with Crippen LogP contribution >= 0.6 is 0 Å². The molecule has 2 aliphatic heterocycles. The Kier molecular flexibility index (Phi) is 4.40. The predicted octanol–water partition coefficient (Wildman–Crippen LogP) is 2.40. The number of H-pyrrole nitrogens is 1. The summed E-state index contributed by atoms with van der Waals surface area (Å²) in [6.45, 7) is 2.17. The maximum Gasteiger partial charge on any atom is 0.261 e. The number of pyridine rings is 1. The molecule has 1 amide bonds. The van der Waals surface area contributed by atoms with Gasteiger partial charge in [-0.3, -0.25) is 14.5 Å². The SMILES string of the molecule is O=C(NC1CCN2CCCCC12)c1ccc(-c2ccccc2)[nH]c1=O. The molecule has 0 radical (unpaired) electrons. The summed E-state index contributed by atoms with van der Waals surface area (Å²) in [5.74, 6) is -0.265. The summed E-state index contributed by atoms with van der Waals surface area (Å²) in [7, 11) is 0. The number of aromatic nitrogens is 1. The highest BCUT2D eigenvalue weighted by molar-refractivity contribution is 5.94. The van der Waals surface area contributed by atoms with Gasteiger partial charge in [-0.25, -0.2) is 0 Å². The number of aromatic amines is 1. The lowest BCUT2D eigenvalue weighted by molar-refractivity contribution is 0.0914. The van der Waals surface area contributed by atoms with Gasteiger partial charge in [-0.05, 0) is 43.5 Å². The van der Waals surface area contributed by atoms with Crippen molar-refractivity contribution in [2.45, 2.75) is 37.8 Å². The van der Waals surface area contributed by atoms with E-state index in [1.807, 2.05) is 30.3 Å². The Morgan fingerprint density at radius 1 is 1.04 bits per heavy atom. The van der Waals surface area contributed by atoms with Crippen molar-refractivity contribution in [3.63, 3.8) is 0 Å². The number of hydrogen-bond donors (Lipinski definition) is 2. The Bertz CT molecular complexity index is 815. The summed E-state index contributed by atoms with van der Waals surface area (Å²) in [6.07, 6.45) is 4.57. The highest BCUT2D eigenvalue weighted by atomic mass is 16.2. The molecule has 130 valence electrons. The molecule has 2 N–H and O–H groups in total. The Morgan fingerprint density at radius 2 is 1.88 bits per heavy atom. The van der Waals surface area contributed by atoms with Gasteiger partial charge in [0.2, 0.25) is 0 Å². The van der Waals surface area contributed by atoms with Crippen molar-refractivity contribution in [1.82, 2.24) is 15.2 Å². The molecule has 2 aliphatic rings. The Morgan fingerprint density at radius 3 is 2.68 bits per heavy atom. The number of hydrogen-bond acceptors (Lipinski definition) is 3. The van der Waals surface area contributed by atoms with E-state index in [1.54, 1.807) is 12.1 Å². The molecule has 0 spiro atoms. The lowest BCUT2D eigenvalue weighted by atomic mass is 9.99. The van der Waals surface area contributed by atoms with Crippen LogP contribution in [0.2, 0.25) is 0 Å². The van der Waals surface area contributed by atoms with Crippen LogP contribution in [0.25, 0.3) is 11.3 Å². The third-order valence-electron chi connectivity index (χ3n) is 5.41. The number of fused-ring (bicyclic) bond motifs is 1. The highest BCUT2D eigenvalue weighted by Gasteiger charge is 2.36. The minimum atomic E-state index is -0.336. The van der Waals surface area contributed by atoms with Crippen LogP contribution in [0.3, 0.4) is 0 Å². The first-order valence-electron chi connectivity index (χ1n) is 9.06. The number of nitrogens with one attached hydrogen (secondary N) is 2. The zero-order valence-electron chi connectivity index (χ0n) is 14.2. The van der Waals surface area contributed by atoms with Gasteiger partial charge in [0.25, 0.3) is 11.5 Å². The third kappa shape index (κ3) is 3.24. The lowest BCUT2D eigenvalue weighted by Crippen LogP contribution is -2.47. The number of carbonyl (C=O) groups is 1. The van der Waals surface area contributed by atoms with E-state index in [-0.39, 0.29) is 23.1 Å². The normalized spacial score (nSPS) is 23.2. The second-order valence-electron chi connectivity index (χ2n) is 6.95. The van der Waals surface area contributed by atoms with E-state index in [0.717, 1.165) is 37.2 Å². The fourth-order valence-electron chi connectivity index (χ4n) is 4.10. The molecule has 3 heterocycles. The van der Waals surface area contributed by atoms with Crippen LogP contribution in [0.1, 0.15) is 36.0 Å². The van der Waals surface area contributed by atoms with Crippen molar-refractivity contribution in [1.29, 1.82) is 0 Å². The first-order valence-corrected chi connectivity index (χ1v) is 9.06. The smallest absolute Gasteiger partial charge is 0.261 e. The van der Waals surface area contributed by atoms with E-state index in [4.69, 9.17) is 0 Å². The summed E-state index contributed by atoms with van der Waals surface area (Å²) in [6, 6.07) is 13.6. The van der Waals surface area contributed by atoms with Gasteiger partial charge in [-0.15, -0.1) is 0 Å².